The molecule has 1 fully saturated rings. The second kappa shape index (κ2) is 4.43. The number of halogens is 1. The van der Waals surface area contributed by atoms with Crippen molar-refractivity contribution in [3.8, 4) is 6.07 Å². The first-order valence-corrected chi connectivity index (χ1v) is 6.69. The van der Waals surface area contributed by atoms with Gasteiger partial charge < -0.3 is 0 Å². The van der Waals surface area contributed by atoms with E-state index < -0.39 is 26.8 Å². The summed E-state index contributed by atoms with van der Waals surface area (Å²) in [4.78, 5) is -0.416. The van der Waals surface area contributed by atoms with Crippen molar-refractivity contribution in [2.45, 2.75) is 23.8 Å². The van der Waals surface area contributed by atoms with Gasteiger partial charge in [0.2, 0.25) is 10.0 Å². The molecule has 0 saturated heterocycles. The third-order valence-corrected chi connectivity index (χ3v) is 4.12. The Bertz CT molecular complexity index is 561. The third kappa shape index (κ3) is 2.62. The fourth-order valence-electron chi connectivity index (χ4n) is 1.55. The first-order valence-electron chi connectivity index (χ1n) is 5.21. The van der Waals surface area contributed by atoms with Crippen LogP contribution in [0.4, 0.5) is 4.39 Å². The van der Waals surface area contributed by atoms with Gasteiger partial charge in [0.25, 0.3) is 0 Å². The molecule has 1 saturated carbocycles. The normalized spacial score (nSPS) is 17.4. The molecule has 1 aromatic carbocycles. The van der Waals surface area contributed by atoms with Crippen molar-refractivity contribution in [3.05, 3.63) is 30.1 Å². The molecule has 0 amide bonds. The van der Waals surface area contributed by atoms with Gasteiger partial charge in [-0.2, -0.15) is 9.98 Å². The van der Waals surface area contributed by atoms with E-state index in [-0.39, 0.29) is 5.92 Å². The van der Waals surface area contributed by atoms with Crippen molar-refractivity contribution in [1.82, 2.24) is 4.72 Å². The molecule has 1 atom stereocenters. The van der Waals surface area contributed by atoms with Gasteiger partial charge in [-0.25, -0.2) is 12.8 Å². The lowest BCUT2D eigenvalue weighted by molar-refractivity contribution is 0.542. The van der Waals surface area contributed by atoms with E-state index in [0.29, 0.717) is 0 Å². The van der Waals surface area contributed by atoms with Crippen LogP contribution in [-0.2, 0) is 10.0 Å². The molecule has 0 heterocycles. The van der Waals surface area contributed by atoms with Crippen molar-refractivity contribution in [2.24, 2.45) is 5.92 Å². The van der Waals surface area contributed by atoms with Crippen molar-refractivity contribution in [1.29, 1.82) is 5.26 Å². The minimum absolute atomic E-state index is 0.0570. The Labute approximate surface area is 99.1 Å². The average molecular weight is 254 g/mol. The lowest BCUT2D eigenvalue weighted by atomic mass is 10.2. The van der Waals surface area contributed by atoms with Crippen LogP contribution in [0.5, 0.6) is 0 Å². The van der Waals surface area contributed by atoms with Crippen LogP contribution in [-0.4, -0.2) is 14.5 Å². The maximum absolute atomic E-state index is 13.4. The average Bonchev–Trinajstić information content (AvgIpc) is 3.10. The summed E-state index contributed by atoms with van der Waals surface area (Å²) in [5.74, 6) is -0.756. The molecule has 1 aromatic rings. The zero-order chi connectivity index (χ0) is 12.5. The van der Waals surface area contributed by atoms with Crippen molar-refractivity contribution in [3.63, 3.8) is 0 Å². The van der Waals surface area contributed by atoms with E-state index in [1.54, 1.807) is 0 Å². The lowest BCUT2D eigenvalue weighted by Crippen LogP contribution is -2.35. The van der Waals surface area contributed by atoms with E-state index in [4.69, 9.17) is 5.26 Å². The topological polar surface area (TPSA) is 70.0 Å². The zero-order valence-electron chi connectivity index (χ0n) is 8.93. The van der Waals surface area contributed by atoms with Gasteiger partial charge in [0.1, 0.15) is 16.8 Å². The molecular formula is C11H11FN2O2S. The first-order chi connectivity index (χ1) is 8.04. The smallest absolute Gasteiger partial charge is 0.207 e. The van der Waals surface area contributed by atoms with Crippen LogP contribution < -0.4 is 4.72 Å². The quantitative estimate of drug-likeness (QED) is 0.883. The summed E-state index contributed by atoms with van der Waals surface area (Å²) in [6.45, 7) is 0. The number of nitrogens with zero attached hydrogens (tertiary/aromatic N) is 1. The Kier molecular flexibility index (Phi) is 3.13. The SMILES string of the molecule is N#CC(NS(=O)(=O)c1ccccc1F)C1CC1. The van der Waals surface area contributed by atoms with E-state index in [1.165, 1.54) is 18.2 Å². The molecule has 90 valence electrons. The molecule has 1 aliphatic carbocycles. The van der Waals surface area contributed by atoms with Crippen LogP contribution >= 0.6 is 0 Å². The molecule has 1 aliphatic rings. The van der Waals surface area contributed by atoms with E-state index in [2.05, 4.69) is 4.72 Å². The number of rotatable bonds is 4. The van der Waals surface area contributed by atoms with Crippen molar-refractivity contribution < 1.29 is 12.8 Å². The highest BCUT2D eigenvalue weighted by atomic mass is 32.2. The summed E-state index contributed by atoms with van der Waals surface area (Å²) >= 11 is 0. The Balaban J connectivity index is 2.25. The minimum atomic E-state index is -3.95. The highest BCUT2D eigenvalue weighted by Crippen LogP contribution is 2.33. The Morgan fingerprint density at radius 3 is 2.59 bits per heavy atom. The van der Waals surface area contributed by atoms with Gasteiger partial charge in [0, 0.05) is 0 Å². The van der Waals surface area contributed by atoms with Gasteiger partial charge in [-0.1, -0.05) is 12.1 Å². The van der Waals surface area contributed by atoms with Crippen molar-refractivity contribution in [2.75, 3.05) is 0 Å². The van der Waals surface area contributed by atoms with Crippen LogP contribution in [0.1, 0.15) is 12.8 Å². The van der Waals surface area contributed by atoms with E-state index in [1.807, 2.05) is 6.07 Å². The molecule has 0 aliphatic heterocycles. The number of hydrogen-bond donors (Lipinski definition) is 1. The number of sulfonamides is 1. The molecule has 17 heavy (non-hydrogen) atoms. The Morgan fingerprint density at radius 2 is 2.06 bits per heavy atom. The summed E-state index contributed by atoms with van der Waals surface area (Å²) in [5.41, 5.74) is 0. The largest absolute Gasteiger partial charge is 0.244 e. The molecule has 0 spiro atoms. The summed E-state index contributed by atoms with van der Waals surface area (Å²) in [5, 5.41) is 8.85. The summed E-state index contributed by atoms with van der Waals surface area (Å²) in [6.07, 6.45) is 1.66. The van der Waals surface area contributed by atoms with Crippen LogP contribution in [0, 0.1) is 23.1 Å². The fourth-order valence-corrected chi connectivity index (χ4v) is 2.84. The molecule has 0 bridgehead atoms. The predicted octanol–water partition coefficient (Wildman–Crippen LogP) is 1.41. The van der Waals surface area contributed by atoms with Gasteiger partial charge >= 0.3 is 0 Å². The Morgan fingerprint density at radius 1 is 1.41 bits per heavy atom. The standard InChI is InChI=1S/C11H11FN2O2S/c12-9-3-1-2-4-11(9)17(15,16)14-10(7-13)8-5-6-8/h1-4,8,10,14H,5-6H2. The fraction of sp³-hybridized carbons (Fsp3) is 0.364. The van der Waals surface area contributed by atoms with E-state index in [0.717, 1.165) is 18.9 Å². The number of nitrogens with one attached hydrogen (secondary N) is 1. The van der Waals surface area contributed by atoms with E-state index >= 15 is 0 Å². The van der Waals surface area contributed by atoms with Gasteiger partial charge in [0.05, 0.1) is 6.07 Å². The summed E-state index contributed by atoms with van der Waals surface area (Å²) in [7, 11) is -3.95. The monoisotopic (exact) mass is 254 g/mol. The highest BCUT2D eigenvalue weighted by molar-refractivity contribution is 7.89. The maximum atomic E-state index is 13.4. The van der Waals surface area contributed by atoms with Crippen LogP contribution in [0.2, 0.25) is 0 Å². The lowest BCUT2D eigenvalue weighted by Gasteiger charge is -2.11. The number of benzene rings is 1. The summed E-state index contributed by atoms with van der Waals surface area (Å²) < 4.78 is 39.3. The molecule has 1 N–H and O–H groups in total. The first kappa shape index (κ1) is 12.0. The van der Waals surface area contributed by atoms with Gasteiger partial charge in [0.15, 0.2) is 0 Å². The van der Waals surface area contributed by atoms with Gasteiger partial charge in [-0.3, -0.25) is 0 Å². The van der Waals surface area contributed by atoms with Crippen LogP contribution in [0.15, 0.2) is 29.2 Å². The van der Waals surface area contributed by atoms with E-state index in [9.17, 15) is 12.8 Å². The van der Waals surface area contributed by atoms with Gasteiger partial charge in [-0.05, 0) is 30.9 Å². The number of hydrogen-bond acceptors (Lipinski definition) is 3. The third-order valence-electron chi connectivity index (χ3n) is 2.64. The molecule has 0 radical (unpaired) electrons. The maximum Gasteiger partial charge on any atom is 0.244 e. The zero-order valence-corrected chi connectivity index (χ0v) is 9.74. The Hall–Kier alpha value is -1.45. The molecule has 1 unspecified atom stereocenters. The second-order valence-corrected chi connectivity index (χ2v) is 5.68. The molecule has 2 rings (SSSR count). The molecule has 4 nitrogen and oxygen atoms in total. The predicted molar refractivity (Wildman–Crippen MR) is 58.8 cm³/mol. The molecule has 0 aromatic heterocycles. The highest BCUT2D eigenvalue weighted by Gasteiger charge is 2.35. The number of nitriles is 1. The minimum Gasteiger partial charge on any atom is -0.207 e. The van der Waals surface area contributed by atoms with Gasteiger partial charge in [-0.15, -0.1) is 0 Å². The summed E-state index contributed by atoms with van der Waals surface area (Å²) in [6, 6.07) is 6.24. The molecule has 6 heteroatoms. The van der Waals surface area contributed by atoms with Crippen LogP contribution in [0.3, 0.4) is 0 Å². The van der Waals surface area contributed by atoms with Crippen LogP contribution in [0.25, 0.3) is 0 Å². The van der Waals surface area contributed by atoms with Crippen molar-refractivity contribution >= 4 is 10.0 Å². The molecular weight excluding hydrogens is 243 g/mol. The second-order valence-electron chi connectivity index (χ2n) is 4.00.